The van der Waals surface area contributed by atoms with Crippen LogP contribution in [0.1, 0.15) is 16.7 Å². The summed E-state index contributed by atoms with van der Waals surface area (Å²) in [6, 6.07) is 17.8. The van der Waals surface area contributed by atoms with Gasteiger partial charge in [0.2, 0.25) is 5.72 Å². The number of ether oxygens (including phenoxy) is 2. The van der Waals surface area contributed by atoms with Crippen molar-refractivity contribution in [1.29, 1.82) is 0 Å². The molecule has 0 saturated carbocycles. The van der Waals surface area contributed by atoms with Crippen molar-refractivity contribution in [1.82, 2.24) is 5.32 Å². The van der Waals surface area contributed by atoms with Gasteiger partial charge in [-0.15, -0.1) is 0 Å². The molecule has 0 spiro atoms. The first-order chi connectivity index (χ1) is 14.1. The van der Waals surface area contributed by atoms with Crippen LogP contribution < -0.4 is 23.2 Å². The van der Waals surface area contributed by atoms with Crippen molar-refractivity contribution in [3.63, 3.8) is 0 Å². The lowest BCUT2D eigenvalue weighted by molar-refractivity contribution is -1.63. The quantitative estimate of drug-likeness (QED) is 0.600. The fourth-order valence-corrected chi connectivity index (χ4v) is 4.93. The third-order valence-corrected chi connectivity index (χ3v) is 6.18. The van der Waals surface area contributed by atoms with Crippen LogP contribution in [0.4, 0.5) is 0 Å². The molecule has 0 amide bonds. The highest BCUT2D eigenvalue weighted by molar-refractivity contribution is 5.85. The molecule has 0 aromatic heterocycles. The molecule has 6 nitrogen and oxygen atoms in total. The SMILES string of the molecule is COc1cc2c(cc1OC)[C@](Cc1cccc3ccccc13)(O[Br+2]([O-])[O-])NCC2. The Morgan fingerprint density at radius 3 is 2.48 bits per heavy atom. The molecule has 1 aliphatic heterocycles. The van der Waals surface area contributed by atoms with E-state index in [2.05, 4.69) is 5.32 Å². The molecule has 0 unspecified atom stereocenters. The standard InChI is InChI=1S/C22H22BrNO5/c1-27-20-12-16-10-11-24-22(29-23(25)26,19(16)13-21(20)28-2)14-17-8-5-7-15-6-3-4-9-18(15)17/h3-9,12-13,24H,10-11,14H2,1-2H3/t22-/m0/s1. The Morgan fingerprint density at radius 2 is 1.72 bits per heavy atom. The summed E-state index contributed by atoms with van der Waals surface area (Å²) in [6.45, 7) is 0.586. The van der Waals surface area contributed by atoms with E-state index >= 15 is 0 Å². The van der Waals surface area contributed by atoms with E-state index in [9.17, 15) is 8.40 Å². The first kappa shape index (κ1) is 20.1. The molecule has 0 saturated heterocycles. The second-order valence-corrected chi connectivity index (χ2v) is 8.07. The summed E-state index contributed by atoms with van der Waals surface area (Å²) in [5.74, 6) is 1.15. The summed E-state index contributed by atoms with van der Waals surface area (Å²) in [4.78, 5) is 0. The van der Waals surface area contributed by atoms with Gasteiger partial charge in [-0.1, -0.05) is 42.5 Å². The molecule has 0 bridgehead atoms. The molecule has 0 aliphatic carbocycles. The summed E-state index contributed by atoms with van der Waals surface area (Å²) < 4.78 is 40.1. The number of halogens is 1. The van der Waals surface area contributed by atoms with Crippen LogP contribution in [0.2, 0.25) is 0 Å². The lowest BCUT2D eigenvalue weighted by Crippen LogP contribution is -2.55. The lowest BCUT2D eigenvalue weighted by atomic mass is 9.85. The Morgan fingerprint density at radius 1 is 1.00 bits per heavy atom. The van der Waals surface area contributed by atoms with E-state index < -0.39 is 20.5 Å². The molecule has 1 N–H and O–H groups in total. The van der Waals surface area contributed by atoms with Crippen molar-refractivity contribution in [2.75, 3.05) is 20.8 Å². The molecule has 7 heteroatoms. The number of fused-ring (bicyclic) bond motifs is 2. The van der Waals surface area contributed by atoms with E-state index in [1.165, 1.54) is 0 Å². The number of methoxy groups -OCH3 is 2. The van der Waals surface area contributed by atoms with E-state index in [0.29, 0.717) is 24.5 Å². The Bertz CT molecular complexity index is 1020. The molecule has 3 aromatic rings. The molecule has 1 aliphatic rings. The number of benzene rings is 3. The highest BCUT2D eigenvalue weighted by atomic mass is 80.0. The largest absolute Gasteiger partial charge is 0.493 e. The molecule has 4 rings (SSSR count). The highest BCUT2D eigenvalue weighted by Gasteiger charge is 2.47. The van der Waals surface area contributed by atoms with Gasteiger partial charge in [0.05, 0.1) is 14.2 Å². The van der Waals surface area contributed by atoms with Crippen molar-refractivity contribution >= 4 is 10.8 Å². The van der Waals surface area contributed by atoms with Crippen molar-refractivity contribution in [2.24, 2.45) is 0 Å². The van der Waals surface area contributed by atoms with E-state index in [-0.39, 0.29) is 0 Å². The van der Waals surface area contributed by atoms with Crippen LogP contribution in [-0.2, 0) is 22.4 Å². The zero-order chi connectivity index (χ0) is 20.4. The molecule has 1 atom stereocenters. The topological polar surface area (TPSA) is 85.8 Å². The van der Waals surface area contributed by atoms with Gasteiger partial charge in [0.1, 0.15) is 0 Å². The minimum Gasteiger partial charge on any atom is -0.493 e. The maximum absolute atomic E-state index is 11.8. The van der Waals surface area contributed by atoms with Gasteiger partial charge in [-0.05, 0) is 40.5 Å². The van der Waals surface area contributed by atoms with E-state index in [4.69, 9.17) is 13.3 Å². The second-order valence-electron chi connectivity index (χ2n) is 6.95. The van der Waals surface area contributed by atoms with Crippen molar-refractivity contribution in [2.45, 2.75) is 18.6 Å². The normalized spacial score (nSPS) is 18.7. The van der Waals surface area contributed by atoms with Gasteiger partial charge in [0.15, 0.2) is 11.5 Å². The molecule has 0 radical (unpaired) electrons. The summed E-state index contributed by atoms with van der Waals surface area (Å²) >= 11 is -3.50. The van der Waals surface area contributed by atoms with Crippen LogP contribution in [0.15, 0.2) is 54.6 Å². The van der Waals surface area contributed by atoms with Gasteiger partial charge >= 0.3 is 14.8 Å². The summed E-state index contributed by atoms with van der Waals surface area (Å²) in [7, 11) is 3.14. The number of hydrogen-bond donors (Lipinski definition) is 1. The zero-order valence-electron chi connectivity index (χ0n) is 16.2. The summed E-state index contributed by atoms with van der Waals surface area (Å²) in [5.41, 5.74) is 1.53. The van der Waals surface area contributed by atoms with Crippen LogP contribution in [0.3, 0.4) is 0 Å². The minimum atomic E-state index is -3.50. The van der Waals surface area contributed by atoms with E-state index in [0.717, 1.165) is 33.9 Å². The highest BCUT2D eigenvalue weighted by Crippen LogP contribution is 2.41. The van der Waals surface area contributed by atoms with Gasteiger partial charge in [0, 0.05) is 22.4 Å². The predicted molar refractivity (Wildman–Crippen MR) is 102 cm³/mol. The average molecular weight is 460 g/mol. The lowest BCUT2D eigenvalue weighted by Gasteiger charge is -2.35. The Kier molecular flexibility index (Phi) is 5.76. The molecule has 3 aromatic carbocycles. The Labute approximate surface area is 174 Å². The molecule has 29 heavy (non-hydrogen) atoms. The number of hydrogen-bond acceptors (Lipinski definition) is 6. The van der Waals surface area contributed by atoms with Crippen molar-refractivity contribution in [3.8, 4) is 11.5 Å². The molecular weight excluding hydrogens is 438 g/mol. The third kappa shape index (κ3) is 3.84. The van der Waals surface area contributed by atoms with Crippen LogP contribution >= 0.6 is 0 Å². The Balaban J connectivity index is 1.87. The number of rotatable bonds is 6. The first-order valence-corrected chi connectivity index (χ1v) is 11.2. The van der Waals surface area contributed by atoms with Gasteiger partial charge in [0.25, 0.3) is 0 Å². The maximum Gasteiger partial charge on any atom is 0.439 e. The van der Waals surface area contributed by atoms with Gasteiger partial charge in [-0.2, -0.15) is 0 Å². The molecule has 1 heterocycles. The molecular formula is C22H22BrNO5. The summed E-state index contributed by atoms with van der Waals surface area (Å²) in [6.07, 6.45) is 1.09. The summed E-state index contributed by atoms with van der Waals surface area (Å²) in [5, 5.41) is 5.49. The maximum atomic E-state index is 11.8. The predicted octanol–water partition coefficient (Wildman–Crippen LogP) is 1.50. The van der Waals surface area contributed by atoms with E-state index in [1.54, 1.807) is 14.2 Å². The second kappa shape index (κ2) is 8.30. The smallest absolute Gasteiger partial charge is 0.439 e. The van der Waals surface area contributed by atoms with Gasteiger partial charge in [-0.25, -0.2) is 0 Å². The van der Waals surface area contributed by atoms with Crippen LogP contribution in [0, 0.1) is 14.8 Å². The Hall–Kier alpha value is -2.16. The third-order valence-electron chi connectivity index (χ3n) is 5.36. The van der Waals surface area contributed by atoms with Gasteiger partial charge < -0.3 is 17.9 Å². The minimum absolute atomic E-state index is 0.357. The van der Waals surface area contributed by atoms with Crippen LogP contribution in [0.5, 0.6) is 11.5 Å². The average Bonchev–Trinajstić information content (AvgIpc) is 2.73. The molecule has 0 fully saturated rings. The number of nitrogens with one attached hydrogen (secondary N) is 1. The fourth-order valence-electron chi connectivity index (χ4n) is 4.07. The fraction of sp³-hybridized carbons (Fsp3) is 0.273. The van der Waals surface area contributed by atoms with Crippen molar-refractivity contribution < 1.29 is 36.5 Å². The van der Waals surface area contributed by atoms with Crippen LogP contribution in [-0.4, -0.2) is 20.8 Å². The molecule has 152 valence electrons. The zero-order valence-corrected chi connectivity index (χ0v) is 17.8. The monoisotopic (exact) mass is 459 g/mol. The van der Waals surface area contributed by atoms with E-state index in [1.807, 2.05) is 54.6 Å². The van der Waals surface area contributed by atoms with Crippen molar-refractivity contribution in [3.05, 3.63) is 71.3 Å². The van der Waals surface area contributed by atoms with Gasteiger partial charge in [-0.3, -0.25) is 5.32 Å². The first-order valence-electron chi connectivity index (χ1n) is 9.28. The van der Waals surface area contributed by atoms with Crippen LogP contribution in [0.25, 0.3) is 10.8 Å².